The highest BCUT2D eigenvalue weighted by molar-refractivity contribution is 7.95. The second-order valence-electron chi connectivity index (χ2n) is 7.90. The monoisotopic (exact) mass is 477 g/mol. The molecule has 0 saturated carbocycles. The molecular weight excluding hydrogens is 454 g/mol. The summed E-state index contributed by atoms with van der Waals surface area (Å²) in [6.07, 6.45) is 0. The Bertz CT molecular complexity index is 1280. The van der Waals surface area contributed by atoms with Gasteiger partial charge in [-0.05, 0) is 74.3 Å². The lowest BCUT2D eigenvalue weighted by atomic mass is 9.94. The van der Waals surface area contributed by atoms with Crippen LogP contribution in [0.1, 0.15) is 21.5 Å². The van der Waals surface area contributed by atoms with Crippen LogP contribution in [0, 0.1) is 0 Å². The fraction of sp³-hybridized carbons (Fsp3) is 0.154. The molecule has 1 N–H and O–H groups in total. The van der Waals surface area contributed by atoms with Gasteiger partial charge in [0, 0.05) is 23.2 Å². The number of hydrogen-bond donors (Lipinski definition) is 1. The zero-order valence-electron chi connectivity index (χ0n) is 18.7. The second kappa shape index (κ2) is 10.0. The SMILES string of the molecule is CN(C)CCOc1ccc(C(=O)C2=C(c3ccc(OC=O)cc3)S(=O)c3cc(O)ccc32)cc1. The molecule has 1 atom stereocenters. The van der Waals surface area contributed by atoms with Crippen molar-refractivity contribution >= 4 is 33.5 Å². The molecular formula is C26H23NO6S. The van der Waals surface area contributed by atoms with Crippen LogP contribution >= 0.6 is 0 Å². The van der Waals surface area contributed by atoms with Crippen LogP contribution in [0.3, 0.4) is 0 Å². The zero-order chi connectivity index (χ0) is 24.2. The molecule has 174 valence electrons. The van der Waals surface area contributed by atoms with Crippen molar-refractivity contribution in [3.63, 3.8) is 0 Å². The summed E-state index contributed by atoms with van der Waals surface area (Å²) in [5.41, 5.74) is 1.79. The number of allylic oxidation sites excluding steroid dienone is 1. The normalized spacial score (nSPS) is 14.7. The molecule has 0 aliphatic carbocycles. The van der Waals surface area contributed by atoms with Gasteiger partial charge in [-0.3, -0.25) is 9.59 Å². The third kappa shape index (κ3) is 4.78. The highest BCUT2D eigenvalue weighted by Crippen LogP contribution is 2.44. The molecule has 4 rings (SSSR count). The highest BCUT2D eigenvalue weighted by atomic mass is 32.2. The first-order valence-electron chi connectivity index (χ1n) is 10.5. The van der Waals surface area contributed by atoms with Crippen molar-refractivity contribution in [2.24, 2.45) is 0 Å². The third-order valence-electron chi connectivity index (χ3n) is 5.30. The Kier molecular flexibility index (Phi) is 6.90. The van der Waals surface area contributed by atoms with Crippen LogP contribution in [0.5, 0.6) is 17.2 Å². The maximum absolute atomic E-state index is 13.6. The van der Waals surface area contributed by atoms with E-state index in [4.69, 9.17) is 9.47 Å². The van der Waals surface area contributed by atoms with Crippen LogP contribution in [-0.4, -0.2) is 53.7 Å². The van der Waals surface area contributed by atoms with Crippen molar-refractivity contribution in [2.75, 3.05) is 27.2 Å². The minimum absolute atomic E-state index is 0.0332. The number of hydrogen-bond acceptors (Lipinski definition) is 7. The van der Waals surface area contributed by atoms with Crippen molar-refractivity contribution < 1.29 is 28.4 Å². The lowest BCUT2D eigenvalue weighted by Crippen LogP contribution is -2.19. The maximum atomic E-state index is 13.6. The lowest BCUT2D eigenvalue weighted by Gasteiger charge is -2.12. The van der Waals surface area contributed by atoms with Crippen LogP contribution in [0.15, 0.2) is 71.6 Å². The van der Waals surface area contributed by atoms with E-state index < -0.39 is 10.8 Å². The van der Waals surface area contributed by atoms with E-state index >= 15 is 0 Å². The molecule has 0 radical (unpaired) electrons. The number of ketones is 1. The fourth-order valence-electron chi connectivity index (χ4n) is 3.61. The summed E-state index contributed by atoms with van der Waals surface area (Å²) in [6.45, 7) is 1.61. The predicted octanol–water partition coefficient (Wildman–Crippen LogP) is 3.74. The van der Waals surface area contributed by atoms with E-state index in [0.29, 0.717) is 56.6 Å². The van der Waals surface area contributed by atoms with Gasteiger partial charge in [-0.25, -0.2) is 4.21 Å². The van der Waals surface area contributed by atoms with Gasteiger partial charge in [-0.2, -0.15) is 0 Å². The quantitative estimate of drug-likeness (QED) is 0.371. The van der Waals surface area contributed by atoms with Gasteiger partial charge in [-0.15, -0.1) is 0 Å². The number of phenolic OH excluding ortho intramolecular Hbond substituents is 1. The molecule has 8 heteroatoms. The van der Waals surface area contributed by atoms with E-state index in [2.05, 4.69) is 0 Å². The topological polar surface area (TPSA) is 93.1 Å². The van der Waals surface area contributed by atoms with Crippen molar-refractivity contribution in [3.8, 4) is 17.2 Å². The molecule has 0 aromatic heterocycles. The average Bonchev–Trinajstić information content (AvgIpc) is 3.11. The van der Waals surface area contributed by atoms with Crippen molar-refractivity contribution in [3.05, 3.63) is 83.4 Å². The van der Waals surface area contributed by atoms with Crippen LogP contribution in [0.25, 0.3) is 10.5 Å². The van der Waals surface area contributed by atoms with E-state index in [-0.39, 0.29) is 11.5 Å². The van der Waals surface area contributed by atoms with Crippen LogP contribution in [0.2, 0.25) is 0 Å². The molecule has 7 nitrogen and oxygen atoms in total. The number of likely N-dealkylation sites (N-methyl/N-ethyl adjacent to an activating group) is 1. The number of ether oxygens (including phenoxy) is 2. The molecule has 34 heavy (non-hydrogen) atoms. The van der Waals surface area contributed by atoms with Gasteiger partial charge in [0.05, 0.1) is 20.6 Å². The van der Waals surface area contributed by atoms with Gasteiger partial charge in [0.2, 0.25) is 0 Å². The number of rotatable bonds is 9. The van der Waals surface area contributed by atoms with E-state index in [1.807, 2.05) is 19.0 Å². The number of Topliss-reactive ketones (excluding diaryl/α,β-unsaturated/α-hetero) is 1. The minimum Gasteiger partial charge on any atom is -0.508 e. The Morgan fingerprint density at radius 2 is 1.68 bits per heavy atom. The van der Waals surface area contributed by atoms with E-state index in [0.717, 1.165) is 6.54 Å². The van der Waals surface area contributed by atoms with Crippen LogP contribution < -0.4 is 9.47 Å². The number of benzene rings is 3. The molecule has 0 fully saturated rings. The minimum atomic E-state index is -1.69. The predicted molar refractivity (Wildman–Crippen MR) is 129 cm³/mol. The summed E-state index contributed by atoms with van der Waals surface area (Å²) < 4.78 is 24.0. The molecule has 3 aromatic rings. The Morgan fingerprint density at radius 3 is 2.32 bits per heavy atom. The van der Waals surface area contributed by atoms with Gasteiger partial charge >= 0.3 is 0 Å². The van der Waals surface area contributed by atoms with Crippen LogP contribution in [-0.2, 0) is 15.6 Å². The zero-order valence-corrected chi connectivity index (χ0v) is 19.5. The van der Waals surface area contributed by atoms with Gasteiger partial charge < -0.3 is 19.5 Å². The fourth-order valence-corrected chi connectivity index (χ4v) is 5.16. The number of phenols is 1. The molecule has 0 spiro atoms. The van der Waals surface area contributed by atoms with Gasteiger partial charge in [0.25, 0.3) is 6.47 Å². The summed E-state index contributed by atoms with van der Waals surface area (Å²) in [4.78, 5) is 27.0. The van der Waals surface area contributed by atoms with E-state index in [1.165, 1.54) is 12.1 Å². The first kappa shape index (κ1) is 23.4. The Labute approximate surface area is 199 Å². The molecule has 0 amide bonds. The Balaban J connectivity index is 1.72. The second-order valence-corrected chi connectivity index (χ2v) is 9.28. The van der Waals surface area contributed by atoms with Gasteiger partial charge in [0.1, 0.15) is 23.9 Å². The van der Waals surface area contributed by atoms with Crippen LogP contribution in [0.4, 0.5) is 0 Å². The molecule has 0 bridgehead atoms. The van der Waals surface area contributed by atoms with Gasteiger partial charge in [-0.1, -0.05) is 12.1 Å². The summed E-state index contributed by atoms with van der Waals surface area (Å²) in [5.74, 6) is 0.657. The number of nitrogens with zero attached hydrogens (tertiary/aromatic N) is 1. The lowest BCUT2D eigenvalue weighted by molar-refractivity contribution is -0.120. The number of carbonyl (C=O) groups excluding carboxylic acids is 2. The third-order valence-corrected chi connectivity index (χ3v) is 6.85. The van der Waals surface area contributed by atoms with E-state index in [9.17, 15) is 18.9 Å². The summed E-state index contributed by atoms with van der Waals surface area (Å²) in [5, 5.41) is 9.94. The maximum Gasteiger partial charge on any atom is 0.298 e. The molecule has 1 aliphatic heterocycles. The van der Waals surface area contributed by atoms with Gasteiger partial charge in [0.15, 0.2) is 5.78 Å². The molecule has 3 aromatic carbocycles. The number of carbonyl (C=O) groups is 2. The highest BCUT2D eigenvalue weighted by Gasteiger charge is 2.34. The standard InChI is InChI=1S/C26H23NO6S/c1-27(2)13-14-32-20-8-3-17(4-9-20)25(30)24-22-12-7-19(29)15-23(22)34(31)26(24)18-5-10-21(11-6-18)33-16-28/h3-12,15-16,29H,13-14H2,1-2H3. The molecule has 1 aliphatic rings. The number of fused-ring (bicyclic) bond motifs is 1. The molecule has 1 heterocycles. The van der Waals surface area contributed by atoms with Crippen molar-refractivity contribution in [2.45, 2.75) is 4.90 Å². The van der Waals surface area contributed by atoms with Crippen molar-refractivity contribution in [1.82, 2.24) is 4.90 Å². The Morgan fingerprint density at radius 1 is 1.00 bits per heavy atom. The number of aromatic hydroxyl groups is 1. The Hall–Kier alpha value is -3.75. The summed E-state index contributed by atoms with van der Waals surface area (Å²) >= 11 is 0. The summed E-state index contributed by atoms with van der Waals surface area (Å²) in [7, 11) is 2.24. The first-order chi connectivity index (χ1) is 16.4. The largest absolute Gasteiger partial charge is 0.508 e. The molecule has 1 unspecified atom stereocenters. The van der Waals surface area contributed by atoms with Crippen molar-refractivity contribution in [1.29, 1.82) is 0 Å². The average molecular weight is 478 g/mol. The summed E-state index contributed by atoms with van der Waals surface area (Å²) in [6, 6.07) is 17.7. The van der Waals surface area contributed by atoms with E-state index in [1.54, 1.807) is 54.6 Å². The molecule has 0 saturated heterocycles. The smallest absolute Gasteiger partial charge is 0.298 e. The first-order valence-corrected chi connectivity index (χ1v) is 11.7.